The first kappa shape index (κ1) is 18.5. The molecule has 0 N–H and O–H groups in total. The summed E-state index contributed by atoms with van der Waals surface area (Å²) in [6, 6.07) is 15.1. The van der Waals surface area contributed by atoms with Crippen LogP contribution in [-0.4, -0.2) is 26.0 Å². The molecule has 0 spiro atoms. The van der Waals surface area contributed by atoms with Crippen LogP contribution in [0.2, 0.25) is 0 Å². The largest absolute Gasteiger partial charge is 0.497 e. The van der Waals surface area contributed by atoms with E-state index in [2.05, 4.69) is 0 Å². The molecule has 2 aromatic rings. The van der Waals surface area contributed by atoms with Gasteiger partial charge in [0.1, 0.15) is 11.3 Å². The number of Topliss-reactive ketones (excluding diaryl/α,β-unsaturated/α-hetero) is 1. The fourth-order valence-corrected chi connectivity index (χ4v) is 3.04. The molecule has 0 bridgehead atoms. The minimum absolute atomic E-state index is 0.0536. The predicted molar refractivity (Wildman–Crippen MR) is 104 cm³/mol. The van der Waals surface area contributed by atoms with Crippen molar-refractivity contribution in [3.8, 4) is 5.75 Å². The second-order valence-electron chi connectivity index (χ2n) is 6.25. The lowest BCUT2D eigenvalue weighted by atomic mass is 10.1. The molecule has 138 valence electrons. The van der Waals surface area contributed by atoms with Gasteiger partial charge < -0.3 is 14.4 Å². The number of benzene rings is 2. The number of anilines is 1. The topological polar surface area (TPSA) is 55.8 Å². The van der Waals surface area contributed by atoms with Crippen molar-refractivity contribution >= 4 is 23.5 Å². The maximum Gasteiger partial charge on any atom is 0.343 e. The van der Waals surface area contributed by atoms with Crippen LogP contribution in [0.5, 0.6) is 5.75 Å². The van der Waals surface area contributed by atoms with Gasteiger partial charge in [-0.3, -0.25) is 4.79 Å². The van der Waals surface area contributed by atoms with Gasteiger partial charge in [0, 0.05) is 11.4 Å². The summed E-state index contributed by atoms with van der Waals surface area (Å²) in [5, 5.41) is 0. The van der Waals surface area contributed by atoms with Crippen LogP contribution in [0.1, 0.15) is 18.1 Å². The summed E-state index contributed by atoms with van der Waals surface area (Å²) in [5.74, 6) is -0.252. The first-order chi connectivity index (χ1) is 13.0. The predicted octanol–water partition coefficient (Wildman–Crippen LogP) is 3.88. The molecule has 1 aliphatic heterocycles. The van der Waals surface area contributed by atoms with Gasteiger partial charge in [0.25, 0.3) is 0 Å². The van der Waals surface area contributed by atoms with Crippen LogP contribution >= 0.6 is 0 Å². The maximum atomic E-state index is 13.0. The van der Waals surface area contributed by atoms with Crippen molar-refractivity contribution in [3.63, 3.8) is 0 Å². The number of ketones is 1. The fraction of sp³-hybridized carbons (Fsp3) is 0.182. The maximum absolute atomic E-state index is 13.0. The molecule has 0 amide bonds. The van der Waals surface area contributed by atoms with Crippen LogP contribution in [0.15, 0.2) is 65.5 Å². The van der Waals surface area contributed by atoms with Gasteiger partial charge in [-0.2, -0.15) is 0 Å². The van der Waals surface area contributed by atoms with Gasteiger partial charge in [0.15, 0.2) is 0 Å². The molecule has 0 atom stereocenters. The van der Waals surface area contributed by atoms with Crippen molar-refractivity contribution in [2.24, 2.45) is 0 Å². The Morgan fingerprint density at radius 2 is 1.59 bits per heavy atom. The smallest absolute Gasteiger partial charge is 0.343 e. The number of methoxy groups -OCH3 is 2. The summed E-state index contributed by atoms with van der Waals surface area (Å²) in [5.41, 5.74) is 3.76. The molecule has 0 radical (unpaired) electrons. The van der Waals surface area contributed by atoms with Crippen LogP contribution in [0.25, 0.3) is 6.08 Å². The van der Waals surface area contributed by atoms with Crippen LogP contribution in [0.4, 0.5) is 5.69 Å². The number of hydrogen-bond donors (Lipinski definition) is 0. The average molecular weight is 363 g/mol. The molecule has 27 heavy (non-hydrogen) atoms. The number of rotatable bonds is 4. The Labute approximate surface area is 158 Å². The zero-order valence-corrected chi connectivity index (χ0v) is 15.8. The molecule has 1 heterocycles. The molecule has 5 nitrogen and oxygen atoms in total. The molecular formula is C22H21NO4. The molecule has 5 heteroatoms. The van der Waals surface area contributed by atoms with Crippen molar-refractivity contribution < 1.29 is 19.1 Å². The Balaban J connectivity index is 2.11. The number of nitrogens with zero attached hydrogens (tertiary/aromatic N) is 1. The molecule has 0 aromatic heterocycles. The molecule has 0 saturated carbocycles. The molecular weight excluding hydrogens is 342 g/mol. The van der Waals surface area contributed by atoms with E-state index in [9.17, 15) is 9.59 Å². The number of aryl methyl sites for hydroxylation is 1. The average Bonchev–Trinajstić information content (AvgIpc) is 2.92. The van der Waals surface area contributed by atoms with E-state index < -0.39 is 5.97 Å². The Bertz CT molecular complexity index is 937. The van der Waals surface area contributed by atoms with Crippen molar-refractivity contribution in [2.45, 2.75) is 13.8 Å². The lowest BCUT2D eigenvalue weighted by Crippen LogP contribution is -2.18. The zero-order chi connectivity index (χ0) is 19.6. The molecule has 2 aromatic carbocycles. The van der Waals surface area contributed by atoms with E-state index in [0.717, 1.165) is 22.6 Å². The number of hydrogen-bond acceptors (Lipinski definition) is 5. The Hall–Kier alpha value is -3.34. The SMILES string of the molecule is COC(=O)C1=C(C)N(c2ccc(C)cc2)C(=Cc2ccc(OC)cc2)C1=O. The Morgan fingerprint density at radius 3 is 2.15 bits per heavy atom. The third-order valence-electron chi connectivity index (χ3n) is 4.50. The van der Waals surface area contributed by atoms with Crippen LogP contribution < -0.4 is 9.64 Å². The van der Waals surface area contributed by atoms with Crippen molar-refractivity contribution in [3.05, 3.63) is 76.6 Å². The van der Waals surface area contributed by atoms with E-state index in [0.29, 0.717) is 11.4 Å². The highest BCUT2D eigenvalue weighted by molar-refractivity contribution is 6.30. The van der Waals surface area contributed by atoms with E-state index in [1.54, 1.807) is 25.0 Å². The monoisotopic (exact) mass is 363 g/mol. The van der Waals surface area contributed by atoms with Gasteiger partial charge in [-0.15, -0.1) is 0 Å². The standard InChI is InChI=1S/C22H21NO4/c1-14-5-9-17(10-6-14)23-15(2)20(22(25)27-4)21(24)19(23)13-16-7-11-18(26-3)12-8-16/h5-13H,1-4H3. The summed E-state index contributed by atoms with van der Waals surface area (Å²) in [7, 11) is 2.88. The molecule has 3 rings (SSSR count). The van der Waals surface area contributed by atoms with Gasteiger partial charge in [0.2, 0.25) is 5.78 Å². The highest BCUT2D eigenvalue weighted by Crippen LogP contribution is 2.35. The summed E-state index contributed by atoms with van der Waals surface area (Å²) in [6.07, 6.45) is 1.76. The van der Waals surface area contributed by atoms with E-state index in [1.165, 1.54) is 7.11 Å². The summed E-state index contributed by atoms with van der Waals surface area (Å²) < 4.78 is 9.99. The summed E-state index contributed by atoms with van der Waals surface area (Å²) >= 11 is 0. The van der Waals surface area contributed by atoms with Crippen LogP contribution in [-0.2, 0) is 14.3 Å². The van der Waals surface area contributed by atoms with Gasteiger partial charge >= 0.3 is 5.97 Å². The lowest BCUT2D eigenvalue weighted by molar-refractivity contribution is -0.137. The quantitative estimate of drug-likeness (QED) is 0.469. The highest BCUT2D eigenvalue weighted by Gasteiger charge is 2.38. The van der Waals surface area contributed by atoms with E-state index >= 15 is 0 Å². The number of esters is 1. The molecule has 0 fully saturated rings. The molecule has 0 unspecified atom stereocenters. The number of carbonyl (C=O) groups is 2. The third-order valence-corrected chi connectivity index (χ3v) is 4.50. The van der Waals surface area contributed by atoms with Crippen LogP contribution in [0, 0.1) is 6.92 Å². The van der Waals surface area contributed by atoms with Gasteiger partial charge in [-0.05, 0) is 49.8 Å². The van der Waals surface area contributed by atoms with Crippen molar-refractivity contribution in [1.29, 1.82) is 0 Å². The first-order valence-corrected chi connectivity index (χ1v) is 8.52. The van der Waals surface area contributed by atoms with E-state index in [4.69, 9.17) is 9.47 Å². The highest BCUT2D eigenvalue weighted by atomic mass is 16.5. The number of carbonyl (C=O) groups excluding carboxylic acids is 2. The third kappa shape index (κ3) is 3.49. The fourth-order valence-electron chi connectivity index (χ4n) is 3.04. The molecule has 1 aliphatic rings. The normalized spacial score (nSPS) is 15.5. The number of ether oxygens (including phenoxy) is 2. The minimum atomic E-state index is -0.632. The Kier molecular flexibility index (Phi) is 5.12. The van der Waals surface area contributed by atoms with Crippen molar-refractivity contribution in [2.75, 3.05) is 19.1 Å². The lowest BCUT2D eigenvalue weighted by Gasteiger charge is -2.21. The first-order valence-electron chi connectivity index (χ1n) is 8.52. The van der Waals surface area contributed by atoms with Gasteiger partial charge in [-0.25, -0.2) is 4.79 Å². The van der Waals surface area contributed by atoms with Crippen LogP contribution in [0.3, 0.4) is 0 Å². The molecule has 0 saturated heterocycles. The summed E-state index contributed by atoms with van der Waals surface area (Å²) in [6.45, 7) is 3.74. The van der Waals surface area contributed by atoms with Gasteiger partial charge in [-0.1, -0.05) is 29.8 Å². The van der Waals surface area contributed by atoms with Crippen molar-refractivity contribution in [1.82, 2.24) is 0 Å². The van der Waals surface area contributed by atoms with E-state index in [1.807, 2.05) is 55.5 Å². The second kappa shape index (κ2) is 7.50. The Morgan fingerprint density at radius 1 is 0.963 bits per heavy atom. The minimum Gasteiger partial charge on any atom is -0.497 e. The molecule has 0 aliphatic carbocycles. The van der Waals surface area contributed by atoms with Gasteiger partial charge in [0.05, 0.1) is 19.9 Å². The summed E-state index contributed by atoms with van der Waals surface area (Å²) in [4.78, 5) is 27.0. The second-order valence-corrected chi connectivity index (χ2v) is 6.25. The zero-order valence-electron chi connectivity index (χ0n) is 15.8. The van der Waals surface area contributed by atoms with E-state index in [-0.39, 0.29) is 11.4 Å². The number of allylic oxidation sites excluding steroid dienone is 2.